The number of alkyl halides is 3. The number of benzene rings is 2. The van der Waals surface area contributed by atoms with Crippen LogP contribution in [0.25, 0.3) is 0 Å². The normalized spacial score (nSPS) is 11.1. The standard InChI is InChI=1S/C18H20F3N3O/c1-24(2)16-8-6-13(7-9-16)10-11-22-17(25)23-15-5-3-4-14(12-15)18(19,20)21/h3-9,12H,10-11H2,1-2H3,(H2,22,23,25). The van der Waals surface area contributed by atoms with E-state index in [9.17, 15) is 18.0 Å². The van der Waals surface area contributed by atoms with Crippen LogP contribution >= 0.6 is 0 Å². The summed E-state index contributed by atoms with van der Waals surface area (Å²) in [6.07, 6.45) is -3.81. The third-order valence-corrected chi connectivity index (χ3v) is 3.60. The Kier molecular flexibility index (Phi) is 5.90. The number of hydrogen-bond acceptors (Lipinski definition) is 2. The molecule has 0 aromatic heterocycles. The summed E-state index contributed by atoms with van der Waals surface area (Å²) in [7, 11) is 3.91. The summed E-state index contributed by atoms with van der Waals surface area (Å²) >= 11 is 0. The fourth-order valence-corrected chi connectivity index (χ4v) is 2.23. The summed E-state index contributed by atoms with van der Waals surface area (Å²) < 4.78 is 37.9. The number of urea groups is 1. The van der Waals surface area contributed by atoms with E-state index in [1.807, 2.05) is 43.3 Å². The van der Waals surface area contributed by atoms with Gasteiger partial charge in [0.2, 0.25) is 0 Å². The van der Waals surface area contributed by atoms with E-state index in [4.69, 9.17) is 0 Å². The van der Waals surface area contributed by atoms with E-state index in [1.54, 1.807) is 0 Å². The van der Waals surface area contributed by atoms with E-state index in [0.29, 0.717) is 13.0 Å². The van der Waals surface area contributed by atoms with Gasteiger partial charge in [0.1, 0.15) is 0 Å². The summed E-state index contributed by atoms with van der Waals surface area (Å²) in [5, 5.41) is 5.04. The molecule has 0 radical (unpaired) electrons. The Hall–Kier alpha value is -2.70. The predicted molar refractivity (Wildman–Crippen MR) is 92.9 cm³/mol. The van der Waals surface area contributed by atoms with Crippen LogP contribution in [0.4, 0.5) is 29.3 Å². The molecule has 134 valence electrons. The molecule has 2 aromatic rings. The van der Waals surface area contributed by atoms with Gasteiger partial charge in [-0.1, -0.05) is 18.2 Å². The lowest BCUT2D eigenvalue weighted by Crippen LogP contribution is -2.30. The average molecular weight is 351 g/mol. The first-order valence-corrected chi connectivity index (χ1v) is 7.74. The van der Waals surface area contributed by atoms with Crippen LogP contribution in [0.15, 0.2) is 48.5 Å². The predicted octanol–water partition coefficient (Wildman–Crippen LogP) is 4.14. The van der Waals surface area contributed by atoms with Gasteiger partial charge in [-0.25, -0.2) is 4.79 Å². The number of anilines is 2. The molecule has 0 unspecified atom stereocenters. The Morgan fingerprint density at radius 2 is 1.76 bits per heavy atom. The zero-order chi connectivity index (χ0) is 18.4. The second-order valence-corrected chi connectivity index (χ2v) is 5.77. The zero-order valence-electron chi connectivity index (χ0n) is 14.0. The molecule has 0 saturated carbocycles. The van der Waals surface area contributed by atoms with Gasteiger partial charge in [-0.05, 0) is 42.3 Å². The van der Waals surface area contributed by atoms with Gasteiger partial charge in [0, 0.05) is 32.0 Å². The smallest absolute Gasteiger partial charge is 0.378 e. The minimum absolute atomic E-state index is 0.0997. The Balaban J connectivity index is 1.83. The molecule has 4 nitrogen and oxygen atoms in total. The Labute approximate surface area is 144 Å². The van der Waals surface area contributed by atoms with Crippen molar-refractivity contribution in [3.63, 3.8) is 0 Å². The number of nitrogens with one attached hydrogen (secondary N) is 2. The first-order valence-electron chi connectivity index (χ1n) is 7.74. The van der Waals surface area contributed by atoms with Crippen molar-refractivity contribution in [3.8, 4) is 0 Å². The van der Waals surface area contributed by atoms with Crippen molar-refractivity contribution < 1.29 is 18.0 Å². The first-order chi connectivity index (χ1) is 11.8. The van der Waals surface area contributed by atoms with Crippen LogP contribution < -0.4 is 15.5 Å². The Morgan fingerprint density at radius 3 is 2.36 bits per heavy atom. The minimum Gasteiger partial charge on any atom is -0.378 e. The maximum absolute atomic E-state index is 12.6. The molecule has 0 spiro atoms. The molecule has 25 heavy (non-hydrogen) atoms. The summed E-state index contributed by atoms with van der Waals surface area (Å²) in [5.74, 6) is 0. The Morgan fingerprint density at radius 1 is 1.08 bits per heavy atom. The van der Waals surface area contributed by atoms with E-state index < -0.39 is 17.8 Å². The molecule has 0 atom stereocenters. The van der Waals surface area contributed by atoms with E-state index >= 15 is 0 Å². The molecule has 0 heterocycles. The van der Waals surface area contributed by atoms with Crippen molar-refractivity contribution in [1.82, 2.24) is 5.32 Å². The van der Waals surface area contributed by atoms with Gasteiger partial charge in [-0.3, -0.25) is 0 Å². The van der Waals surface area contributed by atoms with Crippen LogP contribution in [0.2, 0.25) is 0 Å². The van der Waals surface area contributed by atoms with Crippen LogP contribution in [-0.2, 0) is 12.6 Å². The fraction of sp³-hybridized carbons (Fsp3) is 0.278. The Bertz CT molecular complexity index is 712. The molecule has 0 saturated heterocycles. The highest BCUT2D eigenvalue weighted by molar-refractivity contribution is 5.89. The van der Waals surface area contributed by atoms with Crippen molar-refractivity contribution in [2.75, 3.05) is 30.9 Å². The molecule has 0 aliphatic rings. The van der Waals surface area contributed by atoms with Gasteiger partial charge in [0.05, 0.1) is 5.56 Å². The maximum Gasteiger partial charge on any atom is 0.416 e. The number of carbonyl (C=O) groups excluding carboxylic acids is 1. The summed E-state index contributed by atoms with van der Waals surface area (Å²) in [6.45, 7) is 0.381. The van der Waals surface area contributed by atoms with E-state index in [0.717, 1.165) is 23.4 Å². The summed E-state index contributed by atoms with van der Waals surface area (Å²) in [6, 6.07) is 11.9. The van der Waals surface area contributed by atoms with Crippen LogP contribution in [0.3, 0.4) is 0 Å². The largest absolute Gasteiger partial charge is 0.416 e. The molecule has 0 bridgehead atoms. The highest BCUT2D eigenvalue weighted by Gasteiger charge is 2.30. The van der Waals surface area contributed by atoms with Gasteiger partial charge >= 0.3 is 12.2 Å². The van der Waals surface area contributed by atoms with Crippen molar-refractivity contribution >= 4 is 17.4 Å². The lowest BCUT2D eigenvalue weighted by molar-refractivity contribution is -0.137. The summed E-state index contributed by atoms with van der Waals surface area (Å²) in [4.78, 5) is 13.8. The third-order valence-electron chi connectivity index (χ3n) is 3.60. The fourth-order valence-electron chi connectivity index (χ4n) is 2.23. The second kappa shape index (κ2) is 7.92. The molecule has 2 amide bonds. The van der Waals surface area contributed by atoms with Gasteiger partial charge in [0.15, 0.2) is 0 Å². The van der Waals surface area contributed by atoms with Crippen molar-refractivity contribution in [3.05, 3.63) is 59.7 Å². The van der Waals surface area contributed by atoms with E-state index in [2.05, 4.69) is 10.6 Å². The third kappa shape index (κ3) is 5.70. The zero-order valence-corrected chi connectivity index (χ0v) is 14.0. The number of hydrogen-bond donors (Lipinski definition) is 2. The van der Waals surface area contributed by atoms with E-state index in [1.165, 1.54) is 12.1 Å². The SMILES string of the molecule is CN(C)c1ccc(CCNC(=O)Nc2cccc(C(F)(F)F)c2)cc1. The highest BCUT2D eigenvalue weighted by atomic mass is 19.4. The lowest BCUT2D eigenvalue weighted by atomic mass is 10.1. The molecule has 2 aromatic carbocycles. The number of amides is 2. The number of carbonyl (C=O) groups is 1. The second-order valence-electron chi connectivity index (χ2n) is 5.77. The molecule has 0 aliphatic carbocycles. The van der Waals surface area contributed by atoms with Gasteiger partial charge in [-0.2, -0.15) is 13.2 Å². The molecule has 0 aliphatic heterocycles. The average Bonchev–Trinajstić information content (AvgIpc) is 2.55. The topological polar surface area (TPSA) is 44.4 Å². The molecule has 7 heteroatoms. The van der Waals surface area contributed by atoms with E-state index in [-0.39, 0.29) is 5.69 Å². The molecule has 2 rings (SSSR count). The van der Waals surface area contributed by atoms with Gasteiger partial charge in [-0.15, -0.1) is 0 Å². The van der Waals surface area contributed by atoms with Crippen molar-refractivity contribution in [2.24, 2.45) is 0 Å². The van der Waals surface area contributed by atoms with Crippen LogP contribution in [0.1, 0.15) is 11.1 Å². The summed E-state index contributed by atoms with van der Waals surface area (Å²) in [5.41, 5.74) is 1.44. The van der Waals surface area contributed by atoms with Gasteiger partial charge in [0.25, 0.3) is 0 Å². The maximum atomic E-state index is 12.6. The minimum atomic E-state index is -4.44. The number of rotatable bonds is 5. The van der Waals surface area contributed by atoms with Crippen LogP contribution in [0.5, 0.6) is 0 Å². The molecular weight excluding hydrogens is 331 g/mol. The van der Waals surface area contributed by atoms with Crippen LogP contribution in [-0.4, -0.2) is 26.7 Å². The number of halogens is 3. The monoisotopic (exact) mass is 351 g/mol. The first kappa shape index (κ1) is 18.6. The van der Waals surface area contributed by atoms with Gasteiger partial charge < -0.3 is 15.5 Å². The lowest BCUT2D eigenvalue weighted by Gasteiger charge is -2.13. The highest BCUT2D eigenvalue weighted by Crippen LogP contribution is 2.30. The number of nitrogens with zero attached hydrogens (tertiary/aromatic N) is 1. The molecule has 0 fully saturated rings. The molecule has 2 N–H and O–H groups in total. The van der Waals surface area contributed by atoms with Crippen molar-refractivity contribution in [2.45, 2.75) is 12.6 Å². The molecular formula is C18H20F3N3O. The van der Waals surface area contributed by atoms with Crippen LogP contribution in [0, 0.1) is 0 Å². The quantitative estimate of drug-likeness (QED) is 0.850. The van der Waals surface area contributed by atoms with Crippen molar-refractivity contribution in [1.29, 1.82) is 0 Å².